The highest BCUT2D eigenvalue weighted by molar-refractivity contribution is 5.93. The summed E-state index contributed by atoms with van der Waals surface area (Å²) in [6.45, 7) is 1.07. The average molecular weight is 707 g/mol. The number of alkyl halides is 3. The lowest BCUT2D eigenvalue weighted by Gasteiger charge is -2.38. The van der Waals surface area contributed by atoms with Crippen LogP contribution >= 0.6 is 0 Å². The highest BCUT2D eigenvalue weighted by Crippen LogP contribution is 2.43. The summed E-state index contributed by atoms with van der Waals surface area (Å²) in [4.78, 5) is 54.5. The molecule has 272 valence electrons. The Morgan fingerprint density at radius 3 is 1.61 bits per heavy atom. The molecule has 3 fully saturated rings. The Kier molecular flexibility index (Phi) is 12.2. The first-order valence-electron chi connectivity index (χ1n) is 17.6. The van der Waals surface area contributed by atoms with Crippen LogP contribution in [0, 0.1) is 0 Å². The molecule has 9 nitrogen and oxygen atoms in total. The number of carbonyl (C=O) groups is 4. The number of rotatable bonds is 8. The summed E-state index contributed by atoms with van der Waals surface area (Å²) in [5, 5.41) is 10.3. The first kappa shape index (κ1) is 37.5. The number of nitrogens with zero attached hydrogens (tertiary/aromatic N) is 2. The van der Waals surface area contributed by atoms with Gasteiger partial charge >= 0.3 is 12.1 Å². The third kappa shape index (κ3) is 8.61. The van der Waals surface area contributed by atoms with E-state index in [0.29, 0.717) is 25.9 Å². The summed E-state index contributed by atoms with van der Waals surface area (Å²) < 4.78 is 31.7. The van der Waals surface area contributed by atoms with Gasteiger partial charge in [-0.25, -0.2) is 4.79 Å². The second kappa shape index (κ2) is 16.5. The minimum Gasteiger partial charge on any atom is -0.475 e. The lowest BCUT2D eigenvalue weighted by Crippen LogP contribution is -2.57. The Labute approximate surface area is 296 Å². The van der Waals surface area contributed by atoms with E-state index in [0.717, 1.165) is 55.2 Å². The van der Waals surface area contributed by atoms with E-state index in [1.165, 1.54) is 0 Å². The van der Waals surface area contributed by atoms with Crippen LogP contribution in [0.15, 0.2) is 91.0 Å². The van der Waals surface area contributed by atoms with E-state index >= 15 is 0 Å². The van der Waals surface area contributed by atoms with Crippen LogP contribution in [0.5, 0.6) is 0 Å². The molecule has 51 heavy (non-hydrogen) atoms. The van der Waals surface area contributed by atoms with E-state index in [-0.39, 0.29) is 36.2 Å². The number of hydrogen-bond donors (Lipinski definition) is 3. The number of aliphatic carboxylic acids is 1. The fourth-order valence-electron chi connectivity index (χ4n) is 7.74. The molecule has 2 saturated heterocycles. The smallest absolute Gasteiger partial charge is 0.475 e. The number of halogens is 3. The molecule has 2 aliphatic heterocycles. The van der Waals surface area contributed by atoms with Crippen LogP contribution in [0.4, 0.5) is 13.2 Å². The summed E-state index contributed by atoms with van der Waals surface area (Å²) in [7, 11) is 0. The van der Waals surface area contributed by atoms with Gasteiger partial charge in [-0.2, -0.15) is 13.2 Å². The first-order chi connectivity index (χ1) is 24.4. The molecule has 0 bridgehead atoms. The maximum atomic E-state index is 14.5. The van der Waals surface area contributed by atoms with Crippen molar-refractivity contribution < 1.29 is 37.5 Å². The molecule has 1 aliphatic carbocycles. The fourth-order valence-corrected chi connectivity index (χ4v) is 7.74. The molecule has 0 spiro atoms. The summed E-state index contributed by atoms with van der Waals surface area (Å²) in [6, 6.07) is 29.4. The highest BCUT2D eigenvalue weighted by Gasteiger charge is 2.46. The largest absolute Gasteiger partial charge is 0.490 e. The Hall–Kier alpha value is -4.71. The molecule has 6 rings (SSSR count). The van der Waals surface area contributed by atoms with Gasteiger partial charge in [0.25, 0.3) is 0 Å². The van der Waals surface area contributed by atoms with Crippen molar-refractivity contribution in [3.63, 3.8) is 0 Å². The summed E-state index contributed by atoms with van der Waals surface area (Å²) >= 11 is 0. The molecule has 1 saturated carbocycles. The SMILES string of the molecule is N[C@H]1CCCC[C@@H]1NC(=O)[C@H]1CCCN1C(=O)[C@@H]1CCCN1C(=O)CC(c1ccccc1)(c1ccccc1)c1ccccc1.O=C(O)C(F)(F)F. The van der Waals surface area contributed by atoms with Gasteiger partial charge in [0.2, 0.25) is 17.7 Å². The van der Waals surface area contributed by atoms with Gasteiger partial charge < -0.3 is 26.0 Å². The number of likely N-dealkylation sites (tertiary alicyclic amines) is 2. The van der Waals surface area contributed by atoms with Crippen LogP contribution in [-0.2, 0) is 24.6 Å². The molecular weight excluding hydrogens is 661 g/mol. The maximum Gasteiger partial charge on any atom is 0.490 e. The molecular formula is C39H45F3N4O5. The number of carboxylic acid groups (broad SMARTS) is 1. The van der Waals surface area contributed by atoms with Gasteiger partial charge in [0.1, 0.15) is 12.1 Å². The minimum atomic E-state index is -5.08. The number of nitrogens with two attached hydrogens (primary N) is 1. The zero-order valence-corrected chi connectivity index (χ0v) is 28.4. The van der Waals surface area contributed by atoms with Gasteiger partial charge in [0.05, 0.1) is 5.41 Å². The van der Waals surface area contributed by atoms with Crippen LogP contribution in [0.25, 0.3) is 0 Å². The fraction of sp³-hybridized carbons (Fsp3) is 0.436. The molecule has 0 unspecified atom stereocenters. The molecule has 3 aliphatic rings. The summed E-state index contributed by atoms with van der Waals surface area (Å²) in [5.74, 6) is -3.02. The number of benzene rings is 3. The molecule has 0 radical (unpaired) electrons. The summed E-state index contributed by atoms with van der Waals surface area (Å²) in [6.07, 6.45) is 1.84. The molecule has 3 aromatic rings. The van der Waals surface area contributed by atoms with E-state index in [2.05, 4.69) is 41.7 Å². The topological polar surface area (TPSA) is 133 Å². The van der Waals surface area contributed by atoms with Crippen molar-refractivity contribution in [1.82, 2.24) is 15.1 Å². The van der Waals surface area contributed by atoms with Crippen molar-refractivity contribution in [1.29, 1.82) is 0 Å². The number of hydrogen-bond acceptors (Lipinski definition) is 5. The maximum absolute atomic E-state index is 14.5. The predicted octanol–water partition coefficient (Wildman–Crippen LogP) is 5.41. The van der Waals surface area contributed by atoms with E-state index in [9.17, 15) is 27.6 Å². The van der Waals surface area contributed by atoms with Gasteiger partial charge in [0, 0.05) is 31.6 Å². The number of amides is 3. The second-order valence-electron chi connectivity index (χ2n) is 13.5. The standard InChI is InChI=1S/C37H44N4O3.C2HF3O2/c38-30-20-10-11-21-31(30)39-35(43)32-22-12-25-41(32)36(44)33-23-13-24-40(33)34(42)26-37(27-14-4-1-5-15-27,28-16-6-2-7-17-28)29-18-8-3-9-19-29;3-2(4,5)1(6)7/h1-9,14-19,30-33H,10-13,20-26,38H2,(H,39,43);(H,6,7)/t30-,31-,32+,33-;/m0./s1. The highest BCUT2D eigenvalue weighted by atomic mass is 19.4. The van der Waals surface area contributed by atoms with Crippen LogP contribution in [-0.4, -0.2) is 82.0 Å². The van der Waals surface area contributed by atoms with E-state index < -0.39 is 29.6 Å². The molecule has 12 heteroatoms. The molecule has 3 aromatic carbocycles. The molecule has 0 aromatic heterocycles. The molecule has 4 N–H and O–H groups in total. The Bertz CT molecular complexity index is 1540. The molecule has 3 amide bonds. The lowest BCUT2D eigenvalue weighted by atomic mass is 9.67. The van der Waals surface area contributed by atoms with Crippen molar-refractivity contribution in [2.24, 2.45) is 5.73 Å². The van der Waals surface area contributed by atoms with Crippen LogP contribution in [0.2, 0.25) is 0 Å². The second-order valence-corrected chi connectivity index (χ2v) is 13.5. The molecule has 2 heterocycles. The number of carbonyl (C=O) groups excluding carboxylic acids is 3. The van der Waals surface area contributed by atoms with Gasteiger partial charge in [0.15, 0.2) is 0 Å². The number of carboxylic acids is 1. The number of nitrogens with one attached hydrogen (secondary N) is 1. The van der Waals surface area contributed by atoms with Crippen LogP contribution in [0.3, 0.4) is 0 Å². The van der Waals surface area contributed by atoms with Gasteiger partial charge in [-0.1, -0.05) is 104 Å². The average Bonchev–Trinajstić information content (AvgIpc) is 3.84. The van der Waals surface area contributed by atoms with Gasteiger partial charge in [-0.15, -0.1) is 0 Å². The predicted molar refractivity (Wildman–Crippen MR) is 185 cm³/mol. The quantitative estimate of drug-likeness (QED) is 0.269. The lowest BCUT2D eigenvalue weighted by molar-refractivity contribution is -0.192. The van der Waals surface area contributed by atoms with Gasteiger partial charge in [-0.3, -0.25) is 14.4 Å². The monoisotopic (exact) mass is 706 g/mol. The third-order valence-corrected chi connectivity index (χ3v) is 10.3. The Balaban J connectivity index is 0.000000654. The van der Waals surface area contributed by atoms with E-state index in [1.807, 2.05) is 54.6 Å². The van der Waals surface area contributed by atoms with Crippen molar-refractivity contribution in [2.75, 3.05) is 13.1 Å². The Morgan fingerprint density at radius 2 is 1.14 bits per heavy atom. The minimum absolute atomic E-state index is 0.0413. The van der Waals surface area contributed by atoms with Crippen molar-refractivity contribution in [3.05, 3.63) is 108 Å². The van der Waals surface area contributed by atoms with Crippen molar-refractivity contribution in [3.8, 4) is 0 Å². The van der Waals surface area contributed by atoms with E-state index in [4.69, 9.17) is 15.6 Å². The normalized spacial score (nSPS) is 22.1. The van der Waals surface area contributed by atoms with Crippen LogP contribution in [0.1, 0.15) is 74.5 Å². The Morgan fingerprint density at radius 1 is 0.686 bits per heavy atom. The third-order valence-electron chi connectivity index (χ3n) is 10.3. The first-order valence-corrected chi connectivity index (χ1v) is 17.6. The van der Waals surface area contributed by atoms with Gasteiger partial charge in [-0.05, 0) is 55.2 Å². The van der Waals surface area contributed by atoms with Crippen molar-refractivity contribution >= 4 is 23.7 Å². The molecule has 4 atom stereocenters. The van der Waals surface area contributed by atoms with Crippen LogP contribution < -0.4 is 11.1 Å². The zero-order chi connectivity index (χ0) is 36.6. The summed E-state index contributed by atoms with van der Waals surface area (Å²) in [5.41, 5.74) is 8.68. The van der Waals surface area contributed by atoms with E-state index in [1.54, 1.807) is 9.80 Å². The van der Waals surface area contributed by atoms with Crippen molar-refractivity contribution in [2.45, 2.75) is 93.5 Å². The zero-order valence-electron chi connectivity index (χ0n) is 28.4.